The van der Waals surface area contributed by atoms with Crippen molar-refractivity contribution in [2.75, 3.05) is 113 Å². The smallest absolute Gasteiger partial charge is 0.357 e. The van der Waals surface area contributed by atoms with E-state index in [9.17, 15) is 48.5 Å². The molecule has 4 fully saturated rings. The minimum atomic E-state index is -0.637. The largest absolute Gasteiger partial charge is 0.462 e. The number of hydrogen-bond donors (Lipinski definition) is 1. The lowest BCUT2D eigenvalue weighted by Gasteiger charge is -2.37. The van der Waals surface area contributed by atoms with Gasteiger partial charge >= 0.3 is 23.2 Å². The first kappa shape index (κ1) is 62.7. The van der Waals surface area contributed by atoms with Crippen LogP contribution in [-0.2, 0) is 35.4 Å². The van der Waals surface area contributed by atoms with Crippen molar-refractivity contribution in [1.82, 2.24) is 48.7 Å². The van der Waals surface area contributed by atoms with Gasteiger partial charge in [-0.2, -0.15) is 0 Å². The maximum absolute atomic E-state index is 13.1. The van der Waals surface area contributed by atoms with Crippen molar-refractivity contribution in [2.45, 2.75) is 32.7 Å². The number of pyridine rings is 4. The first-order valence-electron chi connectivity index (χ1n) is 29.9. The Kier molecular flexibility index (Phi) is 19.3. The van der Waals surface area contributed by atoms with Gasteiger partial charge in [-0.1, -0.05) is 60.7 Å². The van der Waals surface area contributed by atoms with Crippen LogP contribution in [0.5, 0.6) is 0 Å². The SMILES string of the molecule is CCOC(=O)c1c(N2CCN(C(=O)c3ccccn3)CC2)c2ccccc2n(C)c1=O.CCOC(=O)c1c(N2CCN(C(=O)c3cnccn3)CC2)c2ccccc2n(C)c1=O.Cn1c(=O)c([N+](=O)[O-])c(N2CCN(C(=O)C3CCCN3)CC2)c2ccccc21. The number of esters is 2. The van der Waals surface area contributed by atoms with E-state index in [1.54, 1.807) is 81.3 Å². The van der Waals surface area contributed by atoms with Crippen molar-refractivity contribution < 1.29 is 38.4 Å². The lowest BCUT2D eigenvalue weighted by atomic mass is 10.1. The number of amides is 3. The highest BCUT2D eigenvalue weighted by Gasteiger charge is 2.36. The van der Waals surface area contributed by atoms with Crippen LogP contribution < -0.4 is 36.7 Å². The summed E-state index contributed by atoms with van der Waals surface area (Å²) in [6.45, 7) is 10.2. The highest BCUT2D eigenvalue weighted by molar-refractivity contribution is 6.07. The van der Waals surface area contributed by atoms with Crippen LogP contribution in [0.4, 0.5) is 22.7 Å². The van der Waals surface area contributed by atoms with E-state index in [-0.39, 0.29) is 53.7 Å². The zero-order valence-electron chi connectivity index (χ0n) is 50.8. The number of carbonyl (C=O) groups excluding carboxylic acids is 5. The van der Waals surface area contributed by atoms with Gasteiger partial charge in [-0.25, -0.2) is 14.6 Å². The summed E-state index contributed by atoms with van der Waals surface area (Å²) < 4.78 is 14.7. The van der Waals surface area contributed by atoms with Crippen LogP contribution >= 0.6 is 0 Å². The first-order valence-corrected chi connectivity index (χ1v) is 29.9. The molecule has 9 heterocycles. The Hall–Kier alpha value is -10.4. The topological polar surface area (TPSA) is 283 Å². The highest BCUT2D eigenvalue weighted by atomic mass is 16.6. The van der Waals surface area contributed by atoms with Gasteiger partial charge in [-0.15, -0.1) is 0 Å². The predicted molar refractivity (Wildman–Crippen MR) is 338 cm³/mol. The summed E-state index contributed by atoms with van der Waals surface area (Å²) in [5, 5.41) is 17.2. The number of rotatable bonds is 11. The number of fused-ring (bicyclic) bond motifs is 3. The molecule has 4 saturated heterocycles. The minimum absolute atomic E-state index is 0.0248. The number of nitro groups is 1. The van der Waals surface area contributed by atoms with Gasteiger partial charge in [-0.05, 0) is 63.6 Å². The maximum Gasteiger partial charge on any atom is 0.357 e. The van der Waals surface area contributed by atoms with Crippen LogP contribution in [0.3, 0.4) is 0 Å². The molecule has 90 heavy (non-hydrogen) atoms. The van der Waals surface area contributed by atoms with Gasteiger partial charge in [0.1, 0.15) is 28.2 Å². The highest BCUT2D eigenvalue weighted by Crippen LogP contribution is 2.35. The molecule has 26 nitrogen and oxygen atoms in total. The molecule has 4 aliphatic heterocycles. The van der Waals surface area contributed by atoms with Crippen molar-refractivity contribution in [3.8, 4) is 0 Å². The minimum Gasteiger partial charge on any atom is -0.462 e. The van der Waals surface area contributed by atoms with Gasteiger partial charge in [0.15, 0.2) is 0 Å². The van der Waals surface area contributed by atoms with Gasteiger partial charge in [0.05, 0.1) is 58.3 Å². The molecule has 4 aliphatic rings. The number of anilines is 3. The number of aryl methyl sites for hydroxylation is 3. The molecule has 26 heteroatoms. The fourth-order valence-electron chi connectivity index (χ4n) is 12.1. The molecule has 5 aromatic heterocycles. The third kappa shape index (κ3) is 12.7. The fraction of sp³-hybridized carbons (Fsp3) is 0.359. The summed E-state index contributed by atoms with van der Waals surface area (Å²) >= 11 is 0. The molecule has 1 unspecified atom stereocenters. The average molecular weight is 1230 g/mol. The van der Waals surface area contributed by atoms with Crippen molar-refractivity contribution >= 4 is 85.1 Å². The Morgan fingerprint density at radius 1 is 0.533 bits per heavy atom. The third-order valence-corrected chi connectivity index (χ3v) is 16.6. The summed E-state index contributed by atoms with van der Waals surface area (Å²) in [6.07, 6.45) is 7.91. The molecule has 8 aromatic rings. The van der Waals surface area contributed by atoms with E-state index >= 15 is 0 Å². The van der Waals surface area contributed by atoms with Crippen molar-refractivity contribution in [3.63, 3.8) is 0 Å². The van der Waals surface area contributed by atoms with Crippen molar-refractivity contribution in [3.05, 3.63) is 179 Å². The van der Waals surface area contributed by atoms with E-state index in [1.807, 2.05) is 80.3 Å². The van der Waals surface area contributed by atoms with E-state index < -0.39 is 33.7 Å². The molecular weight excluding hydrogens is 1160 g/mol. The average Bonchev–Trinajstić information content (AvgIpc) is 0.821. The van der Waals surface area contributed by atoms with Crippen molar-refractivity contribution in [2.24, 2.45) is 21.1 Å². The second-order valence-corrected chi connectivity index (χ2v) is 21.8. The summed E-state index contributed by atoms with van der Waals surface area (Å²) in [7, 11) is 4.85. The number of benzene rings is 3. The lowest BCUT2D eigenvalue weighted by Crippen LogP contribution is -2.53. The third-order valence-electron chi connectivity index (χ3n) is 16.6. The van der Waals surface area contributed by atoms with E-state index in [2.05, 4.69) is 20.3 Å². The monoisotopic (exact) mass is 1230 g/mol. The lowest BCUT2D eigenvalue weighted by molar-refractivity contribution is -0.385. The number of carbonyl (C=O) groups is 5. The number of nitrogens with zero attached hydrogens (tertiary/aromatic N) is 13. The van der Waals surface area contributed by atoms with Gasteiger partial charge in [0.2, 0.25) is 5.91 Å². The first-order chi connectivity index (χ1) is 43.5. The number of piperazine rings is 3. The number of ether oxygens (including phenoxy) is 2. The molecule has 0 bridgehead atoms. The van der Waals surface area contributed by atoms with Crippen LogP contribution in [-0.4, -0.2) is 182 Å². The quantitative estimate of drug-likeness (QED) is 0.107. The molecule has 0 aliphatic carbocycles. The molecule has 1 N–H and O–H groups in total. The predicted octanol–water partition coefficient (Wildman–Crippen LogP) is 4.39. The summed E-state index contributed by atoms with van der Waals surface area (Å²) in [5.74, 6) is -1.48. The number of para-hydroxylation sites is 3. The van der Waals surface area contributed by atoms with E-state index in [0.29, 0.717) is 118 Å². The molecule has 0 spiro atoms. The second-order valence-electron chi connectivity index (χ2n) is 21.8. The van der Waals surface area contributed by atoms with Gasteiger partial charge in [0.25, 0.3) is 22.9 Å². The number of nitrogens with one attached hydrogen (secondary N) is 1. The summed E-state index contributed by atoms with van der Waals surface area (Å²) in [4.78, 5) is 137. The molecule has 0 saturated carbocycles. The second kappa shape index (κ2) is 27.8. The summed E-state index contributed by atoms with van der Waals surface area (Å²) in [6, 6.07) is 27.3. The maximum atomic E-state index is 13.1. The molecule has 0 radical (unpaired) electrons. The molecule has 3 aromatic carbocycles. The van der Waals surface area contributed by atoms with Crippen LogP contribution in [0.2, 0.25) is 0 Å². The Labute approximate surface area is 516 Å². The standard InChI is InChI=1S/C23H24N4O4.C22H23N5O4.C19H23N5O4/c1-3-31-23(30)19-20(16-8-4-5-10-18(16)25(2)22(19)29)26-12-14-27(15-13-26)21(28)17-9-6-7-11-24-17;1-3-31-22(30)18-19(15-6-4-5-7-17(15)25(2)21(18)29)26-10-12-27(13-11-26)20(28)16-14-23-8-9-24-16;1-21-15-7-3-2-5-13(15)16(17(19(21)26)24(27)28)22-9-11-23(12-10-22)18(25)14-6-4-8-20-14/h4-11H,3,12-15H2,1-2H3;4-9,14H,3,10-13H2,1-2H3;2-3,5,7,14,20H,4,6,8-12H2,1H3. The van der Waals surface area contributed by atoms with E-state index in [0.717, 1.165) is 41.2 Å². The molecule has 12 rings (SSSR count). The zero-order chi connectivity index (χ0) is 63.8. The van der Waals surface area contributed by atoms with Crippen molar-refractivity contribution in [1.29, 1.82) is 0 Å². The number of aromatic nitrogens is 6. The van der Waals surface area contributed by atoms with E-state index in [4.69, 9.17) is 9.47 Å². The zero-order valence-corrected chi connectivity index (χ0v) is 50.8. The Morgan fingerprint density at radius 3 is 1.38 bits per heavy atom. The van der Waals surface area contributed by atoms with Crippen LogP contribution in [0.25, 0.3) is 32.7 Å². The Morgan fingerprint density at radius 2 is 0.956 bits per heavy atom. The normalized spacial score (nSPS) is 15.9. The van der Waals surface area contributed by atoms with Gasteiger partial charge < -0.3 is 57.9 Å². The van der Waals surface area contributed by atoms with Gasteiger partial charge in [-0.3, -0.25) is 48.8 Å². The van der Waals surface area contributed by atoms with E-state index in [1.165, 1.54) is 32.3 Å². The Bertz CT molecular complexity index is 4020. The Balaban J connectivity index is 0.000000149. The molecule has 468 valence electrons. The molecular formula is C64H70N14O12. The van der Waals surface area contributed by atoms with Gasteiger partial charge in [0, 0.05) is 134 Å². The van der Waals surface area contributed by atoms with Crippen LogP contribution in [0, 0.1) is 10.1 Å². The fourth-order valence-corrected chi connectivity index (χ4v) is 12.1. The van der Waals surface area contributed by atoms with Crippen LogP contribution in [0.1, 0.15) is 68.4 Å². The van der Waals surface area contributed by atoms with Crippen LogP contribution in [0.15, 0.2) is 130 Å². The summed E-state index contributed by atoms with van der Waals surface area (Å²) in [5.41, 5.74) is 2.56. The molecule has 3 amide bonds. The molecule has 1 atom stereocenters. The number of hydrogen-bond acceptors (Lipinski definition) is 19.